The number of carbonyl (C=O) groups is 1. The molecule has 0 spiro atoms. The minimum absolute atomic E-state index is 0.171. The number of hydrogen-bond donors (Lipinski definition) is 2. The van der Waals surface area contributed by atoms with Gasteiger partial charge < -0.3 is 15.4 Å². The topological polar surface area (TPSA) is 50.4 Å². The molecule has 0 aliphatic rings. The fraction of sp³-hybridized carbons (Fsp3) is 0.0952. The molecule has 0 saturated carbocycles. The van der Waals surface area contributed by atoms with Gasteiger partial charge in [0.05, 0.1) is 5.02 Å². The minimum Gasteiger partial charge on any atom is -0.482 e. The van der Waals surface area contributed by atoms with Gasteiger partial charge in [0.1, 0.15) is 11.6 Å². The highest BCUT2D eigenvalue weighted by Crippen LogP contribution is 2.26. The fourth-order valence-electron chi connectivity index (χ4n) is 2.42. The first-order chi connectivity index (χ1) is 13.5. The number of ether oxygens (including phenoxy) is 1. The van der Waals surface area contributed by atoms with Gasteiger partial charge in [0.25, 0.3) is 5.91 Å². The van der Waals surface area contributed by atoms with Crippen LogP contribution in [0.25, 0.3) is 0 Å². The van der Waals surface area contributed by atoms with E-state index in [0.717, 1.165) is 11.3 Å². The third-order valence-electron chi connectivity index (χ3n) is 3.82. The van der Waals surface area contributed by atoms with Crippen LogP contribution in [-0.4, -0.2) is 12.5 Å². The highest BCUT2D eigenvalue weighted by Gasteiger charge is 2.08. The van der Waals surface area contributed by atoms with Gasteiger partial charge in [0, 0.05) is 22.9 Å². The van der Waals surface area contributed by atoms with Crippen molar-refractivity contribution in [2.75, 3.05) is 17.2 Å². The minimum atomic E-state index is -0.305. The first-order valence-electron chi connectivity index (χ1n) is 8.46. The molecule has 28 heavy (non-hydrogen) atoms. The largest absolute Gasteiger partial charge is 0.482 e. The summed E-state index contributed by atoms with van der Waals surface area (Å²) >= 11 is 12.1. The molecule has 0 aromatic heterocycles. The van der Waals surface area contributed by atoms with E-state index in [4.69, 9.17) is 27.9 Å². The molecule has 0 radical (unpaired) electrons. The Labute approximate surface area is 172 Å². The lowest BCUT2D eigenvalue weighted by atomic mass is 10.2. The van der Waals surface area contributed by atoms with Crippen LogP contribution in [0.5, 0.6) is 5.75 Å². The fourth-order valence-corrected chi connectivity index (χ4v) is 2.80. The van der Waals surface area contributed by atoms with E-state index in [2.05, 4.69) is 10.6 Å². The monoisotopic (exact) mass is 418 g/mol. The van der Waals surface area contributed by atoms with Crippen LogP contribution in [0.3, 0.4) is 0 Å². The molecule has 0 aliphatic heterocycles. The van der Waals surface area contributed by atoms with Crippen LogP contribution in [0.1, 0.15) is 5.56 Å². The average molecular weight is 419 g/mol. The Morgan fingerprint density at radius 3 is 2.29 bits per heavy atom. The third-order valence-corrected chi connectivity index (χ3v) is 4.37. The van der Waals surface area contributed by atoms with E-state index < -0.39 is 0 Å². The molecule has 3 rings (SSSR count). The van der Waals surface area contributed by atoms with E-state index in [0.29, 0.717) is 28.0 Å². The summed E-state index contributed by atoms with van der Waals surface area (Å²) in [6.07, 6.45) is 0. The second-order valence-corrected chi connectivity index (χ2v) is 6.81. The number of hydrogen-bond acceptors (Lipinski definition) is 3. The number of benzene rings is 3. The molecule has 2 N–H and O–H groups in total. The van der Waals surface area contributed by atoms with Crippen molar-refractivity contribution in [3.05, 3.63) is 88.2 Å². The van der Waals surface area contributed by atoms with Gasteiger partial charge in [0.2, 0.25) is 0 Å². The van der Waals surface area contributed by atoms with Crippen LogP contribution >= 0.6 is 23.2 Å². The predicted molar refractivity (Wildman–Crippen MR) is 111 cm³/mol. The van der Waals surface area contributed by atoms with Crippen LogP contribution in [0, 0.1) is 5.82 Å². The zero-order chi connectivity index (χ0) is 19.9. The van der Waals surface area contributed by atoms with Gasteiger partial charge in [-0.15, -0.1) is 0 Å². The molecule has 0 saturated heterocycles. The van der Waals surface area contributed by atoms with Gasteiger partial charge >= 0.3 is 0 Å². The maximum Gasteiger partial charge on any atom is 0.262 e. The van der Waals surface area contributed by atoms with E-state index in [1.54, 1.807) is 48.5 Å². The highest BCUT2D eigenvalue weighted by atomic mass is 35.5. The summed E-state index contributed by atoms with van der Waals surface area (Å²) in [4.78, 5) is 12.0. The van der Waals surface area contributed by atoms with Crippen molar-refractivity contribution < 1.29 is 13.9 Å². The Morgan fingerprint density at radius 2 is 1.61 bits per heavy atom. The molecule has 4 nitrogen and oxygen atoms in total. The summed E-state index contributed by atoms with van der Waals surface area (Å²) in [5, 5.41) is 6.88. The normalized spacial score (nSPS) is 10.4. The van der Waals surface area contributed by atoms with Crippen molar-refractivity contribution in [3.8, 4) is 5.75 Å². The molecule has 0 aliphatic carbocycles. The summed E-state index contributed by atoms with van der Waals surface area (Å²) in [6, 6.07) is 18.2. The van der Waals surface area contributed by atoms with Crippen molar-refractivity contribution >= 4 is 40.5 Å². The molecule has 1 amide bonds. The third kappa shape index (κ3) is 5.87. The summed E-state index contributed by atoms with van der Waals surface area (Å²) in [6.45, 7) is 0.345. The van der Waals surface area contributed by atoms with Gasteiger partial charge in [-0.3, -0.25) is 4.79 Å². The standard InChI is InChI=1S/C21H17Cl2FN2O2/c22-15-2-6-18(7-3-15)26-21(27)13-28-20-10-1-14(11-19(20)23)12-25-17-8-4-16(24)5-9-17/h1-11,25H,12-13H2,(H,26,27). The molecule has 0 bridgehead atoms. The maximum absolute atomic E-state index is 12.9. The lowest BCUT2D eigenvalue weighted by Gasteiger charge is -2.11. The zero-order valence-corrected chi connectivity index (χ0v) is 16.2. The van der Waals surface area contributed by atoms with Crippen molar-refractivity contribution in [2.45, 2.75) is 6.54 Å². The van der Waals surface area contributed by atoms with Crippen LogP contribution in [-0.2, 0) is 11.3 Å². The second-order valence-electron chi connectivity index (χ2n) is 5.97. The molecule has 3 aromatic carbocycles. The van der Waals surface area contributed by atoms with Gasteiger partial charge in [-0.2, -0.15) is 0 Å². The Hall–Kier alpha value is -2.76. The molecule has 0 atom stereocenters. The quantitative estimate of drug-likeness (QED) is 0.512. The smallest absolute Gasteiger partial charge is 0.262 e. The summed E-state index contributed by atoms with van der Waals surface area (Å²) in [5.74, 6) is -0.172. The van der Waals surface area contributed by atoms with Crippen LogP contribution in [0.4, 0.5) is 15.8 Å². The van der Waals surface area contributed by atoms with Crippen LogP contribution < -0.4 is 15.4 Å². The zero-order valence-electron chi connectivity index (χ0n) is 14.7. The molecular weight excluding hydrogens is 402 g/mol. The molecule has 144 valence electrons. The first-order valence-corrected chi connectivity index (χ1v) is 9.21. The number of halogens is 3. The van der Waals surface area contributed by atoms with E-state index in [-0.39, 0.29) is 18.3 Å². The summed E-state index contributed by atoms with van der Waals surface area (Å²) in [7, 11) is 0. The molecule has 7 heteroatoms. The molecule has 0 fully saturated rings. The maximum atomic E-state index is 12.9. The lowest BCUT2D eigenvalue weighted by molar-refractivity contribution is -0.118. The first kappa shape index (κ1) is 20.0. The molecule has 0 unspecified atom stereocenters. The van der Waals surface area contributed by atoms with Crippen molar-refractivity contribution in [3.63, 3.8) is 0 Å². The van der Waals surface area contributed by atoms with Gasteiger partial charge in [-0.1, -0.05) is 29.3 Å². The van der Waals surface area contributed by atoms with Crippen LogP contribution in [0.2, 0.25) is 10.0 Å². The SMILES string of the molecule is O=C(COc1ccc(CNc2ccc(F)cc2)cc1Cl)Nc1ccc(Cl)cc1. The second kappa shape index (κ2) is 9.44. The number of anilines is 2. The number of carbonyl (C=O) groups excluding carboxylic acids is 1. The molecular formula is C21H17Cl2FN2O2. The van der Waals surface area contributed by atoms with E-state index in [1.165, 1.54) is 12.1 Å². The van der Waals surface area contributed by atoms with E-state index in [9.17, 15) is 9.18 Å². The predicted octanol–water partition coefficient (Wildman–Crippen LogP) is 5.76. The summed E-state index contributed by atoms with van der Waals surface area (Å²) < 4.78 is 18.4. The lowest BCUT2D eigenvalue weighted by Crippen LogP contribution is -2.20. The number of amides is 1. The van der Waals surface area contributed by atoms with Gasteiger partial charge in [-0.25, -0.2) is 4.39 Å². The summed E-state index contributed by atoms with van der Waals surface area (Å²) in [5.41, 5.74) is 2.36. The Balaban J connectivity index is 1.51. The van der Waals surface area contributed by atoms with Gasteiger partial charge in [0.15, 0.2) is 6.61 Å². The van der Waals surface area contributed by atoms with Crippen molar-refractivity contribution in [1.29, 1.82) is 0 Å². The van der Waals surface area contributed by atoms with Gasteiger partial charge in [-0.05, 0) is 66.2 Å². The number of rotatable bonds is 7. The molecule has 0 heterocycles. The van der Waals surface area contributed by atoms with Crippen LogP contribution in [0.15, 0.2) is 66.7 Å². The Morgan fingerprint density at radius 1 is 0.929 bits per heavy atom. The number of nitrogens with one attached hydrogen (secondary N) is 2. The Bertz CT molecular complexity index is 948. The molecule has 3 aromatic rings. The average Bonchev–Trinajstić information content (AvgIpc) is 2.68. The van der Waals surface area contributed by atoms with Crippen molar-refractivity contribution in [2.24, 2.45) is 0 Å². The van der Waals surface area contributed by atoms with E-state index in [1.807, 2.05) is 6.07 Å². The Kier molecular flexibility index (Phi) is 6.74. The highest BCUT2D eigenvalue weighted by molar-refractivity contribution is 6.32. The van der Waals surface area contributed by atoms with Crippen molar-refractivity contribution in [1.82, 2.24) is 0 Å². The van der Waals surface area contributed by atoms with E-state index >= 15 is 0 Å².